The molecule has 0 fully saturated rings. The minimum absolute atomic E-state index is 0.0696. The molecule has 0 saturated carbocycles. The second-order valence-electron chi connectivity index (χ2n) is 7.14. The predicted octanol–water partition coefficient (Wildman–Crippen LogP) is 2.29. The normalized spacial score (nSPS) is 16.3. The molecule has 0 aliphatic carbocycles. The number of aromatic nitrogens is 1. The number of benzene rings is 1. The van der Waals surface area contributed by atoms with E-state index in [4.69, 9.17) is 9.15 Å². The first-order chi connectivity index (χ1) is 12.7. The third-order valence-corrected chi connectivity index (χ3v) is 6.64. The van der Waals surface area contributed by atoms with Gasteiger partial charge in [-0.3, -0.25) is 0 Å². The summed E-state index contributed by atoms with van der Waals surface area (Å²) in [5, 5.41) is 16.0. The highest BCUT2D eigenvalue weighted by atomic mass is 32.2. The van der Waals surface area contributed by atoms with E-state index in [1.54, 1.807) is 12.1 Å². The number of pyridine rings is 1. The Kier molecular flexibility index (Phi) is 3.94. The Balaban J connectivity index is 1.86. The van der Waals surface area contributed by atoms with Crippen LogP contribution in [0.5, 0.6) is 5.75 Å². The van der Waals surface area contributed by atoms with Gasteiger partial charge in [0.1, 0.15) is 16.2 Å². The van der Waals surface area contributed by atoms with Gasteiger partial charge in [0.2, 0.25) is 16.0 Å². The number of hydrogen-bond donors (Lipinski definition) is 1. The van der Waals surface area contributed by atoms with Crippen molar-refractivity contribution in [3.8, 4) is 5.75 Å². The van der Waals surface area contributed by atoms with Gasteiger partial charge in [-0.15, -0.1) is 0 Å². The zero-order chi connectivity index (χ0) is 19.4. The van der Waals surface area contributed by atoms with Crippen molar-refractivity contribution in [3.05, 3.63) is 53.2 Å². The molecule has 1 aromatic carbocycles. The lowest BCUT2D eigenvalue weighted by atomic mass is 9.91. The van der Waals surface area contributed by atoms with Crippen LogP contribution in [-0.2, 0) is 21.8 Å². The van der Waals surface area contributed by atoms with Crippen LogP contribution >= 0.6 is 0 Å². The number of sulfone groups is 1. The van der Waals surface area contributed by atoms with Gasteiger partial charge in [0.15, 0.2) is 11.9 Å². The summed E-state index contributed by atoms with van der Waals surface area (Å²) in [7, 11) is -2.52. The molecule has 3 heterocycles. The average molecular weight is 388 g/mol. The van der Waals surface area contributed by atoms with Gasteiger partial charge in [-0.1, -0.05) is 0 Å². The summed E-state index contributed by atoms with van der Waals surface area (Å²) in [6, 6.07) is 6.18. The minimum atomic E-state index is -3.89. The molecule has 0 spiro atoms. The third kappa shape index (κ3) is 2.85. The molecule has 4 rings (SSSR count). The summed E-state index contributed by atoms with van der Waals surface area (Å²) in [6.45, 7) is 4.91. The fraction of sp³-hybridized carbons (Fsp3) is 0.316. The number of hydrogen-bond acceptors (Lipinski definition) is 6. The van der Waals surface area contributed by atoms with Crippen molar-refractivity contribution in [3.63, 3.8) is 0 Å². The van der Waals surface area contributed by atoms with Crippen molar-refractivity contribution >= 4 is 20.8 Å². The van der Waals surface area contributed by atoms with Gasteiger partial charge in [0.25, 0.3) is 0 Å². The summed E-state index contributed by atoms with van der Waals surface area (Å²) in [4.78, 5) is -0.0605. The van der Waals surface area contributed by atoms with E-state index in [-0.39, 0.29) is 21.1 Å². The van der Waals surface area contributed by atoms with Crippen molar-refractivity contribution in [1.29, 1.82) is 0 Å². The van der Waals surface area contributed by atoms with Crippen LogP contribution < -0.4 is 14.8 Å². The number of rotatable bonds is 3. The van der Waals surface area contributed by atoms with Crippen molar-refractivity contribution < 1.29 is 22.3 Å². The Morgan fingerprint density at radius 1 is 1.22 bits per heavy atom. The Bertz CT molecular complexity index is 1150. The summed E-state index contributed by atoms with van der Waals surface area (Å²) >= 11 is 0. The molecule has 0 atom stereocenters. The molecule has 142 valence electrons. The molecule has 8 heteroatoms. The number of methoxy groups -OCH3 is 1. The van der Waals surface area contributed by atoms with Crippen LogP contribution in [0.25, 0.3) is 11.0 Å². The maximum Gasteiger partial charge on any atom is 0.222 e. The van der Waals surface area contributed by atoms with Crippen LogP contribution in [0, 0.1) is 5.21 Å². The van der Waals surface area contributed by atoms with Crippen molar-refractivity contribution in [2.75, 3.05) is 13.7 Å². The molecule has 7 nitrogen and oxygen atoms in total. The molecule has 27 heavy (non-hydrogen) atoms. The van der Waals surface area contributed by atoms with Crippen molar-refractivity contribution in [2.24, 2.45) is 0 Å². The van der Waals surface area contributed by atoms with Gasteiger partial charge in [-0.2, -0.15) is 4.73 Å². The van der Waals surface area contributed by atoms with E-state index in [0.717, 1.165) is 42.1 Å². The fourth-order valence-corrected chi connectivity index (χ4v) is 4.82. The maximum atomic E-state index is 13.0. The smallest absolute Gasteiger partial charge is 0.222 e. The second kappa shape index (κ2) is 5.97. The average Bonchev–Trinajstić information content (AvgIpc) is 3.00. The molecule has 0 radical (unpaired) electrons. The van der Waals surface area contributed by atoms with Gasteiger partial charge in [-0.05, 0) is 32.4 Å². The number of nitrogens with zero attached hydrogens (tertiary/aromatic N) is 1. The quantitative estimate of drug-likeness (QED) is 0.546. The van der Waals surface area contributed by atoms with E-state index >= 15 is 0 Å². The molecular formula is C19H20N2O5S. The summed E-state index contributed by atoms with van der Waals surface area (Å²) in [6.07, 6.45) is 3.00. The van der Waals surface area contributed by atoms with Crippen molar-refractivity contribution in [1.82, 2.24) is 5.32 Å². The van der Waals surface area contributed by atoms with Gasteiger partial charge in [-0.25, -0.2) is 8.42 Å². The maximum absolute atomic E-state index is 13.0. The van der Waals surface area contributed by atoms with E-state index < -0.39 is 9.84 Å². The lowest BCUT2D eigenvalue weighted by Crippen LogP contribution is -2.41. The van der Waals surface area contributed by atoms with Crippen LogP contribution in [0.15, 0.2) is 50.9 Å². The zero-order valence-electron chi connectivity index (χ0n) is 15.3. The Morgan fingerprint density at radius 3 is 2.74 bits per heavy atom. The highest BCUT2D eigenvalue weighted by Crippen LogP contribution is 2.37. The van der Waals surface area contributed by atoms with E-state index in [1.165, 1.54) is 19.2 Å². The van der Waals surface area contributed by atoms with Crippen LogP contribution in [0.3, 0.4) is 0 Å². The molecule has 1 aliphatic heterocycles. The summed E-state index contributed by atoms with van der Waals surface area (Å²) < 4.78 is 37.5. The monoisotopic (exact) mass is 388 g/mol. The highest BCUT2D eigenvalue weighted by molar-refractivity contribution is 7.91. The minimum Gasteiger partial charge on any atom is -0.619 e. The molecule has 0 unspecified atom stereocenters. The van der Waals surface area contributed by atoms with Gasteiger partial charge in [0.05, 0.1) is 17.5 Å². The van der Waals surface area contributed by atoms with Crippen LogP contribution in [-0.4, -0.2) is 22.1 Å². The number of fused-ring (bicyclic) bond motifs is 3. The molecule has 1 aliphatic rings. The molecule has 0 bridgehead atoms. The number of ether oxygens (including phenoxy) is 1. The van der Waals surface area contributed by atoms with E-state index in [2.05, 4.69) is 5.32 Å². The number of furan rings is 1. The van der Waals surface area contributed by atoms with Gasteiger partial charge in [0, 0.05) is 29.6 Å². The first-order valence-electron chi connectivity index (χ1n) is 8.56. The second-order valence-corrected chi connectivity index (χ2v) is 9.09. The Labute approximate surface area is 157 Å². The van der Waals surface area contributed by atoms with Gasteiger partial charge >= 0.3 is 0 Å². The van der Waals surface area contributed by atoms with E-state index in [9.17, 15) is 13.6 Å². The fourth-order valence-electron chi connectivity index (χ4n) is 3.53. The zero-order valence-corrected chi connectivity index (χ0v) is 16.1. The standard InChI is InChI=1S/C19H20N2O5S/c1-19(2)18-16(6-7-20-19)15-5-4-13(9-17(15)26-18)27(23,24)14-8-12(25-3)10-21(22)11-14/h4-5,8-11,20H,6-7H2,1-3H3. The van der Waals surface area contributed by atoms with Crippen LogP contribution in [0.4, 0.5) is 0 Å². The third-order valence-electron chi connectivity index (χ3n) is 4.92. The van der Waals surface area contributed by atoms with Crippen molar-refractivity contribution in [2.45, 2.75) is 35.6 Å². The molecule has 3 aromatic rings. The Morgan fingerprint density at radius 2 is 2.00 bits per heavy atom. The van der Waals surface area contributed by atoms with Crippen LogP contribution in [0.1, 0.15) is 25.2 Å². The van der Waals surface area contributed by atoms with Crippen LogP contribution in [0.2, 0.25) is 0 Å². The largest absolute Gasteiger partial charge is 0.619 e. The first kappa shape index (κ1) is 17.8. The summed E-state index contributed by atoms with van der Waals surface area (Å²) in [5.74, 6) is 1.01. The lowest BCUT2D eigenvalue weighted by Gasteiger charge is -2.29. The Hall–Kier alpha value is -2.58. The number of nitrogens with one attached hydrogen (secondary N) is 1. The topological polar surface area (TPSA) is 95.5 Å². The molecule has 0 saturated heterocycles. The highest BCUT2D eigenvalue weighted by Gasteiger charge is 2.33. The molecular weight excluding hydrogens is 368 g/mol. The first-order valence-corrected chi connectivity index (χ1v) is 10.0. The molecule has 2 aromatic heterocycles. The SMILES string of the molecule is COc1cc(S(=O)(=O)c2ccc3c4c(oc3c2)C(C)(C)NCC4)c[n+]([O-])c1. The summed E-state index contributed by atoms with van der Waals surface area (Å²) in [5.41, 5.74) is 1.32. The molecule has 0 amide bonds. The van der Waals surface area contributed by atoms with E-state index in [1.807, 2.05) is 13.8 Å². The van der Waals surface area contributed by atoms with Gasteiger partial charge < -0.3 is 19.7 Å². The lowest BCUT2D eigenvalue weighted by molar-refractivity contribution is -0.608. The predicted molar refractivity (Wildman–Crippen MR) is 98.4 cm³/mol. The molecule has 1 N–H and O–H groups in total. The van der Waals surface area contributed by atoms with E-state index in [0.29, 0.717) is 10.3 Å².